The smallest absolute Gasteiger partial charge is 0.332 e. The van der Waals surface area contributed by atoms with Crippen molar-refractivity contribution in [2.45, 2.75) is 11.8 Å². The third-order valence-corrected chi connectivity index (χ3v) is 4.66. The Labute approximate surface area is 135 Å². The number of hydrogen-bond acceptors (Lipinski definition) is 4. The van der Waals surface area contributed by atoms with Crippen LogP contribution in [0.2, 0.25) is 0 Å². The predicted molar refractivity (Wildman–Crippen MR) is 88.3 cm³/mol. The number of nitrogens with zero attached hydrogens (tertiary/aromatic N) is 1. The van der Waals surface area contributed by atoms with Crippen LogP contribution in [-0.2, 0) is 19.6 Å². The number of benzene rings is 2. The minimum absolute atomic E-state index is 0.136. The van der Waals surface area contributed by atoms with E-state index in [4.69, 9.17) is 4.74 Å². The van der Waals surface area contributed by atoms with E-state index in [0.717, 1.165) is 10.4 Å². The number of rotatable bonds is 6. The summed E-state index contributed by atoms with van der Waals surface area (Å²) >= 11 is 0. The van der Waals surface area contributed by atoms with Crippen molar-refractivity contribution in [3.63, 3.8) is 0 Å². The van der Waals surface area contributed by atoms with Crippen molar-refractivity contribution in [3.8, 4) is 0 Å². The number of carbonyl (C=O) groups excluding carboxylic acids is 1. The molecule has 0 unspecified atom stereocenters. The molecule has 0 aliphatic carbocycles. The van der Waals surface area contributed by atoms with Crippen molar-refractivity contribution >= 4 is 21.7 Å². The summed E-state index contributed by atoms with van der Waals surface area (Å²) in [7, 11) is -3.83. The zero-order valence-electron chi connectivity index (χ0n) is 12.6. The SMILES string of the molecule is CCOC(=O)/C=C/N(c1ccccc1)S(=O)(=O)c1ccccc1. The monoisotopic (exact) mass is 331 g/mol. The van der Waals surface area contributed by atoms with Crippen molar-refractivity contribution < 1.29 is 17.9 Å². The largest absolute Gasteiger partial charge is 0.463 e. The Morgan fingerprint density at radius 2 is 1.61 bits per heavy atom. The van der Waals surface area contributed by atoms with Crippen LogP contribution in [0.25, 0.3) is 0 Å². The molecule has 0 aliphatic rings. The van der Waals surface area contributed by atoms with Gasteiger partial charge in [-0.15, -0.1) is 0 Å². The number of esters is 1. The van der Waals surface area contributed by atoms with Gasteiger partial charge in [0.1, 0.15) is 0 Å². The molecule has 0 radical (unpaired) electrons. The maximum Gasteiger partial charge on any atom is 0.332 e. The van der Waals surface area contributed by atoms with Crippen LogP contribution in [0.5, 0.6) is 0 Å². The Balaban J connectivity index is 2.44. The van der Waals surface area contributed by atoms with Gasteiger partial charge < -0.3 is 4.74 Å². The highest BCUT2D eigenvalue weighted by Gasteiger charge is 2.23. The first-order valence-electron chi connectivity index (χ1n) is 7.05. The minimum Gasteiger partial charge on any atom is -0.463 e. The van der Waals surface area contributed by atoms with Gasteiger partial charge in [-0.05, 0) is 31.2 Å². The maximum absolute atomic E-state index is 12.8. The van der Waals surface area contributed by atoms with Gasteiger partial charge in [-0.3, -0.25) is 0 Å². The molecule has 0 saturated heterocycles. The Bertz CT molecular complexity index is 771. The first-order chi connectivity index (χ1) is 11.1. The van der Waals surface area contributed by atoms with E-state index in [2.05, 4.69) is 0 Å². The summed E-state index contributed by atoms with van der Waals surface area (Å²) in [6.45, 7) is 1.90. The fourth-order valence-corrected chi connectivity index (χ4v) is 3.25. The first kappa shape index (κ1) is 16.8. The second kappa shape index (κ2) is 7.60. The van der Waals surface area contributed by atoms with Gasteiger partial charge in [0.25, 0.3) is 10.0 Å². The molecule has 0 spiro atoms. The van der Waals surface area contributed by atoms with Crippen LogP contribution in [0.4, 0.5) is 5.69 Å². The van der Waals surface area contributed by atoms with Crippen molar-refractivity contribution in [2.24, 2.45) is 0 Å². The summed E-state index contributed by atoms with van der Waals surface area (Å²) in [6, 6.07) is 16.6. The topological polar surface area (TPSA) is 63.7 Å². The van der Waals surface area contributed by atoms with E-state index < -0.39 is 16.0 Å². The van der Waals surface area contributed by atoms with Gasteiger partial charge in [-0.2, -0.15) is 0 Å². The molecule has 0 aliphatic heterocycles. The molecule has 0 atom stereocenters. The molecule has 0 saturated carbocycles. The quantitative estimate of drug-likeness (QED) is 0.603. The van der Waals surface area contributed by atoms with Gasteiger partial charge in [0.05, 0.1) is 17.2 Å². The zero-order chi connectivity index (χ0) is 16.7. The lowest BCUT2D eigenvalue weighted by atomic mass is 10.3. The summed E-state index contributed by atoms with van der Waals surface area (Å²) in [5.41, 5.74) is 0.428. The average molecular weight is 331 g/mol. The normalized spacial score (nSPS) is 11.3. The molecule has 6 heteroatoms. The highest BCUT2D eigenvalue weighted by atomic mass is 32.2. The molecule has 0 amide bonds. The van der Waals surface area contributed by atoms with Crippen LogP contribution < -0.4 is 4.31 Å². The lowest BCUT2D eigenvalue weighted by Crippen LogP contribution is -2.26. The number of sulfonamides is 1. The van der Waals surface area contributed by atoms with E-state index in [1.54, 1.807) is 55.5 Å². The average Bonchev–Trinajstić information content (AvgIpc) is 2.57. The maximum atomic E-state index is 12.8. The standard InChI is InChI=1S/C17H17NO4S/c1-2-22-17(19)13-14-18(15-9-5-3-6-10-15)23(20,21)16-11-7-4-8-12-16/h3-14H,2H2,1H3/b14-13+. The van der Waals surface area contributed by atoms with E-state index in [1.807, 2.05) is 0 Å². The lowest BCUT2D eigenvalue weighted by Gasteiger charge is -2.20. The molecule has 0 N–H and O–H groups in total. The summed E-state index contributed by atoms with van der Waals surface area (Å²) in [5.74, 6) is -0.600. The summed E-state index contributed by atoms with van der Waals surface area (Å²) < 4.78 is 31.5. The van der Waals surface area contributed by atoms with Crippen LogP contribution in [0, 0.1) is 0 Å². The van der Waals surface area contributed by atoms with E-state index in [1.165, 1.54) is 18.3 Å². The molecule has 2 aromatic rings. The van der Waals surface area contributed by atoms with Gasteiger partial charge >= 0.3 is 5.97 Å². The van der Waals surface area contributed by atoms with Crippen molar-refractivity contribution in [2.75, 3.05) is 10.9 Å². The van der Waals surface area contributed by atoms with Crippen LogP contribution in [0.15, 0.2) is 77.8 Å². The highest BCUT2D eigenvalue weighted by molar-refractivity contribution is 7.93. The number of carbonyl (C=O) groups is 1. The predicted octanol–water partition coefficient (Wildman–Crippen LogP) is 2.96. The molecule has 0 fully saturated rings. The zero-order valence-corrected chi connectivity index (χ0v) is 13.4. The van der Waals surface area contributed by atoms with Crippen LogP contribution in [0.3, 0.4) is 0 Å². The summed E-state index contributed by atoms with van der Waals surface area (Å²) in [5, 5.41) is 0. The molecule has 5 nitrogen and oxygen atoms in total. The Morgan fingerprint density at radius 1 is 1.04 bits per heavy atom. The van der Waals surface area contributed by atoms with Gasteiger partial charge in [-0.1, -0.05) is 36.4 Å². The van der Waals surface area contributed by atoms with Gasteiger partial charge in [0.2, 0.25) is 0 Å². The summed E-state index contributed by atoms with van der Waals surface area (Å²) in [6.07, 6.45) is 2.30. The fourth-order valence-electron chi connectivity index (χ4n) is 1.90. The van der Waals surface area contributed by atoms with Crippen LogP contribution in [-0.4, -0.2) is 21.0 Å². The number of anilines is 1. The van der Waals surface area contributed by atoms with Crippen molar-refractivity contribution in [3.05, 3.63) is 72.9 Å². The molecule has 0 aromatic heterocycles. The van der Waals surface area contributed by atoms with E-state index in [0.29, 0.717) is 5.69 Å². The van der Waals surface area contributed by atoms with E-state index in [9.17, 15) is 13.2 Å². The molecule has 2 aromatic carbocycles. The molecular weight excluding hydrogens is 314 g/mol. The van der Waals surface area contributed by atoms with Crippen LogP contribution >= 0.6 is 0 Å². The van der Waals surface area contributed by atoms with E-state index in [-0.39, 0.29) is 11.5 Å². The van der Waals surface area contributed by atoms with Crippen molar-refractivity contribution in [1.29, 1.82) is 0 Å². The van der Waals surface area contributed by atoms with Gasteiger partial charge in [-0.25, -0.2) is 17.5 Å². The lowest BCUT2D eigenvalue weighted by molar-refractivity contribution is -0.137. The first-order valence-corrected chi connectivity index (χ1v) is 8.49. The number of ether oxygens (including phenoxy) is 1. The summed E-state index contributed by atoms with van der Waals surface area (Å²) in [4.78, 5) is 11.6. The third kappa shape index (κ3) is 4.20. The number of hydrogen-bond donors (Lipinski definition) is 0. The molecular formula is C17H17NO4S. The fraction of sp³-hybridized carbons (Fsp3) is 0.118. The molecule has 0 bridgehead atoms. The molecule has 2 rings (SSSR count). The number of para-hydroxylation sites is 1. The second-order valence-corrected chi connectivity index (χ2v) is 6.33. The molecule has 23 heavy (non-hydrogen) atoms. The third-order valence-electron chi connectivity index (χ3n) is 2.94. The Kier molecular flexibility index (Phi) is 5.54. The van der Waals surface area contributed by atoms with Crippen LogP contribution in [0.1, 0.15) is 6.92 Å². The minimum atomic E-state index is -3.83. The van der Waals surface area contributed by atoms with E-state index >= 15 is 0 Å². The van der Waals surface area contributed by atoms with Gasteiger partial charge in [0.15, 0.2) is 0 Å². The van der Waals surface area contributed by atoms with Crippen molar-refractivity contribution in [1.82, 2.24) is 0 Å². The molecule has 120 valence electrons. The molecule has 0 heterocycles. The van der Waals surface area contributed by atoms with Gasteiger partial charge in [0, 0.05) is 12.3 Å². The highest BCUT2D eigenvalue weighted by Crippen LogP contribution is 2.23. The Morgan fingerprint density at radius 3 is 2.17 bits per heavy atom. The second-order valence-electron chi connectivity index (χ2n) is 4.52. The Hall–Kier alpha value is -2.60.